The molecule has 3 fully saturated rings. The maximum atomic E-state index is 12.6. The lowest BCUT2D eigenvalue weighted by atomic mass is 9.88. The third-order valence-corrected chi connectivity index (χ3v) is 5.06. The van der Waals surface area contributed by atoms with Crippen LogP contribution in [0.25, 0.3) is 0 Å². The van der Waals surface area contributed by atoms with Crippen molar-refractivity contribution < 1.29 is 9.53 Å². The van der Waals surface area contributed by atoms with Crippen LogP contribution in [0.4, 0.5) is 0 Å². The van der Waals surface area contributed by atoms with Crippen LogP contribution in [0, 0.1) is 5.92 Å². The highest BCUT2D eigenvalue weighted by Crippen LogP contribution is 2.40. The van der Waals surface area contributed by atoms with Crippen molar-refractivity contribution >= 4 is 5.91 Å². The Morgan fingerprint density at radius 3 is 2.21 bits per heavy atom. The molecule has 1 unspecified atom stereocenters. The zero-order chi connectivity index (χ0) is 13.4. The van der Waals surface area contributed by atoms with E-state index in [1.165, 1.54) is 12.8 Å². The fourth-order valence-electron chi connectivity index (χ4n) is 4.30. The zero-order valence-electron chi connectivity index (χ0n) is 12.2. The molecule has 3 saturated heterocycles. The van der Waals surface area contributed by atoms with Crippen molar-refractivity contribution in [2.45, 2.75) is 57.7 Å². The molecule has 0 aromatic carbocycles. The molecule has 3 aliphatic rings. The van der Waals surface area contributed by atoms with Gasteiger partial charge in [-0.1, -0.05) is 0 Å². The number of carbonyl (C=O) groups is 1. The van der Waals surface area contributed by atoms with Gasteiger partial charge in [-0.05, 0) is 39.5 Å². The monoisotopic (exact) mass is 266 g/mol. The highest BCUT2D eigenvalue weighted by Gasteiger charge is 2.44. The Morgan fingerprint density at radius 1 is 1.11 bits per heavy atom. The van der Waals surface area contributed by atoms with E-state index in [1.807, 2.05) is 4.90 Å². The van der Waals surface area contributed by atoms with Gasteiger partial charge in [0.2, 0.25) is 5.91 Å². The first kappa shape index (κ1) is 13.4. The molecule has 0 aliphatic carbocycles. The van der Waals surface area contributed by atoms with Crippen molar-refractivity contribution in [1.82, 2.24) is 9.80 Å². The maximum Gasteiger partial charge on any atom is 0.225 e. The van der Waals surface area contributed by atoms with E-state index in [1.54, 1.807) is 0 Å². The third-order valence-electron chi connectivity index (χ3n) is 5.06. The second-order valence-electron chi connectivity index (χ2n) is 6.53. The van der Waals surface area contributed by atoms with Gasteiger partial charge < -0.3 is 9.64 Å². The number of morpholine rings is 1. The molecule has 0 spiro atoms. The molecule has 0 saturated carbocycles. The van der Waals surface area contributed by atoms with E-state index >= 15 is 0 Å². The molecular formula is C15H26N2O2. The number of amides is 1. The number of fused-ring (bicyclic) bond motifs is 2. The van der Waals surface area contributed by atoms with E-state index in [4.69, 9.17) is 4.74 Å². The van der Waals surface area contributed by atoms with E-state index in [0.29, 0.717) is 37.2 Å². The molecule has 0 aromatic heterocycles. The van der Waals surface area contributed by atoms with E-state index in [-0.39, 0.29) is 5.92 Å². The van der Waals surface area contributed by atoms with Gasteiger partial charge in [-0.3, -0.25) is 9.69 Å². The van der Waals surface area contributed by atoms with Gasteiger partial charge in [0.05, 0.1) is 13.2 Å². The van der Waals surface area contributed by atoms with E-state index in [9.17, 15) is 4.79 Å². The summed E-state index contributed by atoms with van der Waals surface area (Å²) >= 11 is 0. The summed E-state index contributed by atoms with van der Waals surface area (Å²) < 4.78 is 5.34. The Hall–Kier alpha value is -0.610. The molecule has 2 bridgehead atoms. The second kappa shape index (κ2) is 5.41. The summed E-state index contributed by atoms with van der Waals surface area (Å²) in [7, 11) is 0. The summed E-state index contributed by atoms with van der Waals surface area (Å²) in [6, 6.07) is 1.92. The van der Waals surface area contributed by atoms with Crippen LogP contribution in [0.15, 0.2) is 0 Å². The molecule has 108 valence electrons. The minimum Gasteiger partial charge on any atom is -0.378 e. The van der Waals surface area contributed by atoms with Gasteiger partial charge in [-0.15, -0.1) is 0 Å². The predicted molar refractivity (Wildman–Crippen MR) is 73.9 cm³/mol. The average molecular weight is 266 g/mol. The Morgan fingerprint density at radius 2 is 1.68 bits per heavy atom. The number of carbonyl (C=O) groups excluding carboxylic acids is 1. The van der Waals surface area contributed by atoms with Gasteiger partial charge in [-0.25, -0.2) is 0 Å². The lowest BCUT2D eigenvalue weighted by molar-refractivity contribution is -0.142. The molecule has 0 N–H and O–H groups in total. The van der Waals surface area contributed by atoms with Gasteiger partial charge >= 0.3 is 0 Å². The quantitative estimate of drug-likeness (QED) is 0.759. The second-order valence-corrected chi connectivity index (χ2v) is 6.53. The van der Waals surface area contributed by atoms with Gasteiger partial charge in [0.15, 0.2) is 0 Å². The molecule has 4 nitrogen and oxygen atoms in total. The van der Waals surface area contributed by atoms with Crippen molar-refractivity contribution in [2.24, 2.45) is 5.92 Å². The van der Waals surface area contributed by atoms with Crippen LogP contribution >= 0.6 is 0 Å². The minimum absolute atomic E-state index is 0.269. The smallest absolute Gasteiger partial charge is 0.225 e. The molecule has 3 heterocycles. The van der Waals surface area contributed by atoms with Crippen molar-refractivity contribution in [2.75, 3.05) is 26.3 Å². The molecule has 3 aliphatic heterocycles. The molecule has 3 atom stereocenters. The first-order valence-electron chi connectivity index (χ1n) is 7.80. The topological polar surface area (TPSA) is 32.8 Å². The molecular weight excluding hydrogens is 240 g/mol. The van der Waals surface area contributed by atoms with Gasteiger partial charge in [-0.2, -0.15) is 0 Å². The highest BCUT2D eigenvalue weighted by atomic mass is 16.5. The number of nitrogens with zero attached hydrogens (tertiary/aromatic N) is 2. The molecule has 0 aromatic rings. The van der Waals surface area contributed by atoms with Gasteiger partial charge in [0, 0.05) is 37.1 Å². The van der Waals surface area contributed by atoms with E-state index in [0.717, 1.165) is 25.9 Å². The maximum absolute atomic E-state index is 12.6. The average Bonchev–Trinajstić information content (AvgIpc) is 2.70. The van der Waals surface area contributed by atoms with Crippen LogP contribution < -0.4 is 0 Å². The summed E-state index contributed by atoms with van der Waals surface area (Å²) in [6.07, 6.45) is 4.72. The summed E-state index contributed by atoms with van der Waals surface area (Å²) in [6.45, 7) is 7.58. The van der Waals surface area contributed by atoms with Gasteiger partial charge in [0.25, 0.3) is 0 Å². The number of rotatable bonds is 2. The fraction of sp³-hybridized carbons (Fsp3) is 0.933. The lowest BCUT2D eigenvalue weighted by Crippen LogP contribution is -2.51. The summed E-state index contributed by atoms with van der Waals surface area (Å²) in [5.41, 5.74) is 0. The van der Waals surface area contributed by atoms with Crippen LogP contribution in [-0.4, -0.2) is 60.1 Å². The zero-order valence-corrected chi connectivity index (χ0v) is 12.2. The standard InChI is InChI=1S/C15H26N2O2/c1-11(2)17-13-3-4-14(17)10-12(9-13)15(18)16-5-7-19-8-6-16/h11-14H,3-10H2,1-2H3/t12?,13-,14+. The van der Waals surface area contributed by atoms with Crippen molar-refractivity contribution in [3.8, 4) is 0 Å². The van der Waals surface area contributed by atoms with E-state index < -0.39 is 0 Å². The number of ether oxygens (including phenoxy) is 1. The fourth-order valence-corrected chi connectivity index (χ4v) is 4.30. The number of hydrogen-bond donors (Lipinski definition) is 0. The lowest BCUT2D eigenvalue weighted by Gasteiger charge is -2.42. The molecule has 19 heavy (non-hydrogen) atoms. The Kier molecular flexibility index (Phi) is 3.81. The molecule has 3 rings (SSSR count). The van der Waals surface area contributed by atoms with Crippen LogP contribution in [0.1, 0.15) is 39.5 Å². The van der Waals surface area contributed by atoms with Crippen molar-refractivity contribution in [3.63, 3.8) is 0 Å². The van der Waals surface area contributed by atoms with Crippen LogP contribution in [-0.2, 0) is 9.53 Å². The summed E-state index contributed by atoms with van der Waals surface area (Å²) in [5.74, 6) is 0.661. The predicted octanol–water partition coefficient (Wildman–Crippen LogP) is 1.50. The number of hydrogen-bond acceptors (Lipinski definition) is 3. The normalized spacial score (nSPS) is 35.9. The third kappa shape index (κ3) is 2.52. The Bertz CT molecular complexity index is 325. The number of piperidine rings is 1. The van der Waals surface area contributed by atoms with Crippen LogP contribution in [0.5, 0.6) is 0 Å². The van der Waals surface area contributed by atoms with Crippen molar-refractivity contribution in [1.29, 1.82) is 0 Å². The van der Waals surface area contributed by atoms with Gasteiger partial charge in [0.1, 0.15) is 0 Å². The molecule has 1 amide bonds. The van der Waals surface area contributed by atoms with Crippen LogP contribution in [0.2, 0.25) is 0 Å². The SMILES string of the molecule is CC(C)N1[C@@H]2CC[C@H]1CC(C(=O)N1CCOCC1)C2. The highest BCUT2D eigenvalue weighted by molar-refractivity contribution is 5.79. The van der Waals surface area contributed by atoms with Crippen molar-refractivity contribution in [3.05, 3.63) is 0 Å². The molecule has 0 radical (unpaired) electrons. The first-order chi connectivity index (χ1) is 9.16. The summed E-state index contributed by atoms with van der Waals surface area (Å²) in [5, 5.41) is 0. The van der Waals surface area contributed by atoms with E-state index in [2.05, 4.69) is 18.7 Å². The summed E-state index contributed by atoms with van der Waals surface area (Å²) in [4.78, 5) is 17.3. The first-order valence-corrected chi connectivity index (χ1v) is 7.80. The van der Waals surface area contributed by atoms with Crippen LogP contribution in [0.3, 0.4) is 0 Å². The minimum atomic E-state index is 0.269. The Balaban J connectivity index is 1.64. The molecule has 4 heteroatoms. The Labute approximate surface area is 116 Å². The largest absolute Gasteiger partial charge is 0.378 e.